The third kappa shape index (κ3) is 2.18. The summed E-state index contributed by atoms with van der Waals surface area (Å²) in [6.07, 6.45) is 4.15. The Morgan fingerprint density at radius 3 is 2.83 bits per heavy atom. The summed E-state index contributed by atoms with van der Waals surface area (Å²) >= 11 is 5.04. The summed E-state index contributed by atoms with van der Waals surface area (Å²) < 4.78 is 0. The first-order valence-corrected chi connectivity index (χ1v) is 6.75. The fraction of sp³-hybridized carbons (Fsp3) is 0.583. The number of anilines is 1. The quantitative estimate of drug-likeness (QED) is 0.779. The smallest absolute Gasteiger partial charge is 0.159 e. The number of aromatic nitrogens is 2. The summed E-state index contributed by atoms with van der Waals surface area (Å²) in [7, 11) is 0. The van der Waals surface area contributed by atoms with Crippen molar-refractivity contribution in [1.82, 2.24) is 15.1 Å². The molecule has 0 aliphatic carbocycles. The summed E-state index contributed by atoms with van der Waals surface area (Å²) in [4.78, 5) is 2.86. The molecule has 6 heteroatoms. The van der Waals surface area contributed by atoms with E-state index in [-0.39, 0.29) is 0 Å². The Labute approximate surface area is 112 Å². The molecule has 96 valence electrons. The topological polar surface area (TPSA) is 67.1 Å². The van der Waals surface area contributed by atoms with Gasteiger partial charge in [0.05, 0.1) is 11.8 Å². The van der Waals surface area contributed by atoms with Crippen molar-refractivity contribution in [3.8, 4) is 0 Å². The van der Waals surface area contributed by atoms with Crippen LogP contribution in [0, 0.1) is 5.92 Å². The van der Waals surface area contributed by atoms with Crippen LogP contribution >= 0.6 is 12.2 Å². The van der Waals surface area contributed by atoms with Crippen LogP contribution in [0.4, 0.5) is 5.82 Å². The molecule has 3 fully saturated rings. The zero-order valence-corrected chi connectivity index (χ0v) is 11.0. The summed E-state index contributed by atoms with van der Waals surface area (Å²) in [6.45, 7) is 3.54. The van der Waals surface area contributed by atoms with Crippen LogP contribution in [0.15, 0.2) is 12.3 Å². The van der Waals surface area contributed by atoms with Gasteiger partial charge in [0.1, 0.15) is 4.99 Å². The molecule has 3 aliphatic heterocycles. The number of fused-ring (bicyclic) bond motifs is 3. The maximum absolute atomic E-state index is 5.71. The number of nitrogens with zero attached hydrogens (tertiary/aromatic N) is 3. The number of piperidine rings is 3. The standard InChI is InChI=1S/C12H17N5S/c13-11(18)9-1-4-14-16-12(9)15-10-7-17-5-2-8(10)3-6-17/h1,4,8,10H,2-3,5-7H2,(H2,13,18)(H,15,16). The van der Waals surface area contributed by atoms with Crippen LogP contribution in [0.25, 0.3) is 0 Å². The molecule has 0 radical (unpaired) electrons. The van der Waals surface area contributed by atoms with E-state index in [1.54, 1.807) is 6.20 Å². The third-order valence-corrected chi connectivity index (χ3v) is 4.18. The molecule has 3 aliphatic rings. The minimum absolute atomic E-state index is 0.369. The molecule has 1 unspecified atom stereocenters. The molecule has 3 N–H and O–H groups in total. The molecule has 3 saturated heterocycles. The van der Waals surface area contributed by atoms with Gasteiger partial charge in [0, 0.05) is 12.6 Å². The summed E-state index contributed by atoms with van der Waals surface area (Å²) in [5.41, 5.74) is 6.50. The Bertz CT molecular complexity index is 456. The Balaban J connectivity index is 1.78. The van der Waals surface area contributed by atoms with E-state index < -0.39 is 0 Å². The molecule has 0 spiro atoms. The fourth-order valence-corrected chi connectivity index (χ4v) is 3.11. The number of nitrogens with two attached hydrogens (primary N) is 1. The van der Waals surface area contributed by atoms with Crippen LogP contribution in [-0.2, 0) is 0 Å². The second kappa shape index (κ2) is 4.78. The van der Waals surface area contributed by atoms with Gasteiger partial charge in [-0.15, -0.1) is 5.10 Å². The van der Waals surface area contributed by atoms with Crippen molar-refractivity contribution in [2.24, 2.45) is 11.7 Å². The van der Waals surface area contributed by atoms with Crippen molar-refractivity contribution in [2.45, 2.75) is 18.9 Å². The van der Waals surface area contributed by atoms with E-state index in [2.05, 4.69) is 20.4 Å². The molecule has 1 aromatic rings. The van der Waals surface area contributed by atoms with Gasteiger partial charge in [0.15, 0.2) is 5.82 Å². The first kappa shape index (κ1) is 11.8. The number of hydrogen-bond donors (Lipinski definition) is 2. The van der Waals surface area contributed by atoms with Crippen molar-refractivity contribution in [3.05, 3.63) is 17.8 Å². The monoisotopic (exact) mass is 263 g/mol. The minimum atomic E-state index is 0.369. The Morgan fingerprint density at radius 1 is 1.44 bits per heavy atom. The zero-order chi connectivity index (χ0) is 12.5. The summed E-state index contributed by atoms with van der Waals surface area (Å²) in [5, 5.41) is 11.5. The molecule has 1 atom stereocenters. The van der Waals surface area contributed by atoms with Crippen molar-refractivity contribution in [1.29, 1.82) is 0 Å². The van der Waals surface area contributed by atoms with Gasteiger partial charge in [-0.2, -0.15) is 5.10 Å². The van der Waals surface area contributed by atoms with Gasteiger partial charge in [0.25, 0.3) is 0 Å². The van der Waals surface area contributed by atoms with Crippen LogP contribution in [0.2, 0.25) is 0 Å². The van der Waals surface area contributed by atoms with Gasteiger partial charge in [-0.25, -0.2) is 0 Å². The van der Waals surface area contributed by atoms with Crippen molar-refractivity contribution >= 4 is 23.0 Å². The maximum atomic E-state index is 5.71. The first-order valence-electron chi connectivity index (χ1n) is 6.34. The number of rotatable bonds is 3. The Morgan fingerprint density at radius 2 is 2.22 bits per heavy atom. The predicted molar refractivity (Wildman–Crippen MR) is 74.5 cm³/mol. The Kier molecular flexibility index (Phi) is 3.13. The number of thiocarbonyl (C=S) groups is 1. The molecule has 18 heavy (non-hydrogen) atoms. The van der Waals surface area contributed by atoms with E-state index in [4.69, 9.17) is 18.0 Å². The normalized spacial score (nSPS) is 30.1. The molecule has 4 heterocycles. The highest BCUT2D eigenvalue weighted by molar-refractivity contribution is 7.80. The summed E-state index contributed by atoms with van der Waals surface area (Å²) in [5.74, 6) is 1.46. The van der Waals surface area contributed by atoms with E-state index in [1.807, 2.05) is 6.07 Å². The molecule has 1 aromatic heterocycles. The van der Waals surface area contributed by atoms with E-state index >= 15 is 0 Å². The van der Waals surface area contributed by atoms with Crippen LogP contribution in [0.1, 0.15) is 18.4 Å². The number of nitrogens with one attached hydrogen (secondary N) is 1. The lowest BCUT2D eigenvalue weighted by atomic mass is 9.84. The van der Waals surface area contributed by atoms with Crippen LogP contribution in [0.3, 0.4) is 0 Å². The van der Waals surface area contributed by atoms with E-state index in [1.165, 1.54) is 25.9 Å². The highest BCUT2D eigenvalue weighted by atomic mass is 32.1. The largest absolute Gasteiger partial charge is 0.389 e. The lowest BCUT2D eigenvalue weighted by Gasteiger charge is -2.45. The van der Waals surface area contributed by atoms with Crippen molar-refractivity contribution in [3.63, 3.8) is 0 Å². The average molecular weight is 263 g/mol. The second-order valence-corrected chi connectivity index (χ2v) is 5.49. The zero-order valence-electron chi connectivity index (χ0n) is 10.2. The second-order valence-electron chi connectivity index (χ2n) is 5.05. The van der Waals surface area contributed by atoms with Crippen molar-refractivity contribution < 1.29 is 0 Å². The van der Waals surface area contributed by atoms with Gasteiger partial charge in [0.2, 0.25) is 0 Å². The molecule has 0 amide bonds. The molecule has 2 bridgehead atoms. The third-order valence-electron chi connectivity index (χ3n) is 3.96. The van der Waals surface area contributed by atoms with Gasteiger partial charge < -0.3 is 16.0 Å². The lowest BCUT2D eigenvalue weighted by molar-refractivity contribution is 0.0973. The van der Waals surface area contributed by atoms with Gasteiger partial charge in [-0.3, -0.25) is 0 Å². The SMILES string of the molecule is NC(=S)c1ccnnc1NC1CN2CCC1CC2. The minimum Gasteiger partial charge on any atom is -0.389 e. The van der Waals surface area contributed by atoms with E-state index in [0.717, 1.165) is 23.8 Å². The lowest BCUT2D eigenvalue weighted by Crippen LogP contribution is -2.53. The maximum Gasteiger partial charge on any atom is 0.159 e. The molecule has 4 rings (SSSR count). The van der Waals surface area contributed by atoms with Gasteiger partial charge >= 0.3 is 0 Å². The van der Waals surface area contributed by atoms with Crippen LogP contribution in [-0.4, -0.2) is 45.8 Å². The van der Waals surface area contributed by atoms with Gasteiger partial charge in [-0.05, 0) is 37.9 Å². The molecule has 5 nitrogen and oxygen atoms in total. The highest BCUT2D eigenvalue weighted by Gasteiger charge is 2.34. The van der Waals surface area contributed by atoms with Crippen LogP contribution < -0.4 is 11.1 Å². The first-order chi connectivity index (χ1) is 8.74. The van der Waals surface area contributed by atoms with Gasteiger partial charge in [-0.1, -0.05) is 12.2 Å². The predicted octanol–water partition coefficient (Wildman–Crippen LogP) is 0.617. The molecular formula is C12H17N5S. The van der Waals surface area contributed by atoms with E-state index in [0.29, 0.717) is 11.0 Å². The average Bonchev–Trinajstić information content (AvgIpc) is 2.40. The molecule has 0 aromatic carbocycles. The fourth-order valence-electron chi connectivity index (χ4n) is 2.94. The van der Waals surface area contributed by atoms with E-state index in [9.17, 15) is 0 Å². The Hall–Kier alpha value is -1.27. The van der Waals surface area contributed by atoms with Crippen molar-refractivity contribution in [2.75, 3.05) is 25.0 Å². The molecule has 0 saturated carbocycles. The summed E-state index contributed by atoms with van der Waals surface area (Å²) in [6, 6.07) is 2.26. The number of hydrogen-bond acceptors (Lipinski definition) is 5. The molecular weight excluding hydrogens is 246 g/mol. The van der Waals surface area contributed by atoms with Crippen LogP contribution in [0.5, 0.6) is 0 Å². The highest BCUT2D eigenvalue weighted by Crippen LogP contribution is 2.29.